The van der Waals surface area contributed by atoms with Crippen LogP contribution in [0.2, 0.25) is 0 Å². The molecule has 2 heterocycles. The molecule has 19 heavy (non-hydrogen) atoms. The Balaban J connectivity index is 0.00000133. The Morgan fingerprint density at radius 3 is 2.68 bits per heavy atom. The smallest absolute Gasteiger partial charge is 0.427 e. The van der Waals surface area contributed by atoms with Crippen molar-refractivity contribution in [3.63, 3.8) is 0 Å². The van der Waals surface area contributed by atoms with Crippen LogP contribution in [-0.4, -0.2) is 16.0 Å². The number of nitrogens with zero attached hydrogens (tertiary/aromatic N) is 1. The first kappa shape index (κ1) is 14.7. The van der Waals surface area contributed by atoms with Crippen molar-refractivity contribution < 1.29 is 34.4 Å². The van der Waals surface area contributed by atoms with Crippen molar-refractivity contribution >= 4 is 40.7 Å². The minimum Gasteiger partial charge on any atom is -0.427 e. The predicted molar refractivity (Wildman–Crippen MR) is 74.2 cm³/mol. The second-order valence-corrected chi connectivity index (χ2v) is 5.66. The number of carbonyl (C=O) groups excluding carboxylic acids is 1. The molecule has 1 N–H and O–H groups in total. The maximum absolute atomic E-state index is 12.4. The molecular weight excluding hydrogens is 287 g/mol. The molecule has 6 heteroatoms. The van der Waals surface area contributed by atoms with Crippen LogP contribution < -0.4 is 29.6 Å². The minimum atomic E-state index is -0.00894. The summed E-state index contributed by atoms with van der Waals surface area (Å²) >= 11 is 6.64. The monoisotopic (exact) mass is 296 g/mol. The Bertz CT molecular complexity index is 734. The van der Waals surface area contributed by atoms with Gasteiger partial charge in [-0.05, 0) is 6.92 Å². The molecule has 0 aliphatic heterocycles. The van der Waals surface area contributed by atoms with Gasteiger partial charge in [0.15, 0.2) is 5.78 Å². The van der Waals surface area contributed by atoms with Crippen LogP contribution in [0, 0.1) is 6.92 Å². The first-order valence-electron chi connectivity index (χ1n) is 5.42. The van der Waals surface area contributed by atoms with Crippen LogP contribution in [0.5, 0.6) is 0 Å². The molecule has 0 amide bonds. The van der Waals surface area contributed by atoms with Gasteiger partial charge in [0.25, 0.3) is 0 Å². The van der Waals surface area contributed by atoms with Crippen molar-refractivity contribution in [3.05, 3.63) is 46.5 Å². The first-order chi connectivity index (χ1) is 8.68. The van der Waals surface area contributed by atoms with Crippen LogP contribution in [0.4, 0.5) is 0 Å². The Morgan fingerprint density at radius 2 is 2.00 bits per heavy atom. The third-order valence-electron chi connectivity index (χ3n) is 2.82. The molecular formula is C13H9N2NaOS2. The van der Waals surface area contributed by atoms with Gasteiger partial charge in [0.1, 0.15) is 0 Å². The SMILES string of the molecule is Cc1n[nH]c2c(C(=O)c3ccccc3)sc([S-])c12.[Na+]. The molecule has 0 aliphatic rings. The summed E-state index contributed by atoms with van der Waals surface area (Å²) in [7, 11) is 0. The number of benzene rings is 1. The number of carbonyl (C=O) groups is 1. The van der Waals surface area contributed by atoms with Crippen molar-refractivity contribution in [3.8, 4) is 0 Å². The van der Waals surface area contributed by atoms with Gasteiger partial charge in [-0.1, -0.05) is 30.3 Å². The third kappa shape index (κ3) is 2.49. The average molecular weight is 296 g/mol. The number of aromatic amines is 1. The van der Waals surface area contributed by atoms with E-state index in [1.807, 2.05) is 25.1 Å². The Morgan fingerprint density at radius 1 is 1.32 bits per heavy atom. The van der Waals surface area contributed by atoms with Crippen molar-refractivity contribution in [2.75, 3.05) is 0 Å². The topological polar surface area (TPSA) is 45.8 Å². The van der Waals surface area contributed by atoms with E-state index in [1.54, 1.807) is 12.1 Å². The summed E-state index contributed by atoms with van der Waals surface area (Å²) < 4.78 is 0.718. The fraction of sp³-hybridized carbons (Fsp3) is 0.0769. The molecule has 0 spiro atoms. The van der Waals surface area contributed by atoms with Crippen LogP contribution >= 0.6 is 11.3 Å². The normalized spacial score (nSPS) is 10.4. The van der Waals surface area contributed by atoms with E-state index in [0.29, 0.717) is 10.4 Å². The maximum atomic E-state index is 12.4. The molecule has 0 saturated carbocycles. The van der Waals surface area contributed by atoms with E-state index in [9.17, 15) is 4.79 Å². The number of hydrogen-bond donors (Lipinski definition) is 1. The molecule has 0 atom stereocenters. The molecule has 0 saturated heterocycles. The Hall–Kier alpha value is -0.720. The fourth-order valence-electron chi connectivity index (χ4n) is 1.92. The minimum absolute atomic E-state index is 0. The van der Waals surface area contributed by atoms with Crippen molar-refractivity contribution in [2.45, 2.75) is 11.1 Å². The van der Waals surface area contributed by atoms with E-state index >= 15 is 0 Å². The van der Waals surface area contributed by atoms with Crippen LogP contribution in [0.1, 0.15) is 20.9 Å². The maximum Gasteiger partial charge on any atom is 1.00 e. The van der Waals surface area contributed by atoms with Crippen LogP contribution in [0.15, 0.2) is 34.5 Å². The van der Waals surface area contributed by atoms with E-state index in [1.165, 1.54) is 11.3 Å². The molecule has 1 aromatic carbocycles. The largest absolute Gasteiger partial charge is 1.00 e. The third-order valence-corrected chi connectivity index (χ3v) is 4.25. The summed E-state index contributed by atoms with van der Waals surface area (Å²) in [6, 6.07) is 9.20. The molecule has 90 valence electrons. The number of nitrogens with one attached hydrogen (secondary N) is 1. The number of aromatic nitrogens is 2. The molecule has 2 aromatic heterocycles. The van der Waals surface area contributed by atoms with E-state index in [-0.39, 0.29) is 35.3 Å². The van der Waals surface area contributed by atoms with Gasteiger partial charge in [0, 0.05) is 15.8 Å². The zero-order valence-electron chi connectivity index (χ0n) is 10.6. The van der Waals surface area contributed by atoms with Gasteiger partial charge in [0.05, 0.1) is 11.2 Å². The van der Waals surface area contributed by atoms with Gasteiger partial charge >= 0.3 is 29.6 Å². The Labute approximate surface area is 142 Å². The molecule has 0 aliphatic carbocycles. The number of H-pyrrole nitrogens is 1. The van der Waals surface area contributed by atoms with Crippen molar-refractivity contribution in [2.24, 2.45) is 0 Å². The van der Waals surface area contributed by atoms with Gasteiger partial charge in [-0.2, -0.15) is 5.10 Å². The van der Waals surface area contributed by atoms with E-state index in [2.05, 4.69) is 10.2 Å². The Kier molecular flexibility index (Phi) is 4.43. The first-order valence-corrected chi connectivity index (χ1v) is 6.65. The van der Waals surface area contributed by atoms with Crippen molar-refractivity contribution in [1.82, 2.24) is 10.2 Å². The van der Waals surface area contributed by atoms with Crippen LogP contribution in [0.25, 0.3) is 10.9 Å². The molecule has 0 unspecified atom stereocenters. The van der Waals surface area contributed by atoms with Gasteiger partial charge in [-0.25, -0.2) is 0 Å². The summed E-state index contributed by atoms with van der Waals surface area (Å²) in [5.74, 6) is -0.00894. The summed E-state index contributed by atoms with van der Waals surface area (Å²) in [5.41, 5.74) is 2.28. The molecule has 0 radical (unpaired) electrons. The number of rotatable bonds is 2. The van der Waals surface area contributed by atoms with E-state index < -0.39 is 0 Å². The fourth-order valence-corrected chi connectivity index (χ4v) is 3.42. The zero-order chi connectivity index (χ0) is 12.7. The molecule has 0 bridgehead atoms. The van der Waals surface area contributed by atoms with Crippen LogP contribution in [0.3, 0.4) is 0 Å². The van der Waals surface area contributed by atoms with Crippen LogP contribution in [-0.2, 0) is 12.6 Å². The predicted octanol–water partition coefficient (Wildman–Crippen LogP) is 0.0736. The number of ketones is 1. The molecule has 3 rings (SSSR count). The number of hydrogen-bond acceptors (Lipinski definition) is 4. The number of aryl methyl sites for hydroxylation is 1. The average Bonchev–Trinajstić information content (AvgIpc) is 2.92. The molecule has 3 nitrogen and oxygen atoms in total. The quantitative estimate of drug-likeness (QED) is 0.414. The number of thiophene rings is 1. The second kappa shape index (κ2) is 5.73. The van der Waals surface area contributed by atoms with Gasteiger partial charge in [-0.15, -0.1) is 4.21 Å². The summed E-state index contributed by atoms with van der Waals surface area (Å²) in [6.45, 7) is 1.89. The zero-order valence-corrected chi connectivity index (χ0v) is 14.2. The summed E-state index contributed by atoms with van der Waals surface area (Å²) in [4.78, 5) is 13.0. The van der Waals surface area contributed by atoms with Crippen molar-refractivity contribution in [1.29, 1.82) is 0 Å². The summed E-state index contributed by atoms with van der Waals surface area (Å²) in [5, 5.41) is 7.91. The second-order valence-electron chi connectivity index (χ2n) is 3.97. The van der Waals surface area contributed by atoms with Gasteiger partial charge in [-0.3, -0.25) is 9.89 Å². The van der Waals surface area contributed by atoms with Gasteiger partial charge in [0.2, 0.25) is 0 Å². The van der Waals surface area contributed by atoms with E-state index in [0.717, 1.165) is 20.8 Å². The van der Waals surface area contributed by atoms with E-state index in [4.69, 9.17) is 12.6 Å². The summed E-state index contributed by atoms with van der Waals surface area (Å²) in [6.07, 6.45) is 0. The van der Waals surface area contributed by atoms with Gasteiger partial charge < -0.3 is 24.0 Å². The molecule has 0 fully saturated rings. The molecule has 3 aromatic rings. The standard InChI is InChI=1S/C13H10N2OS2.Na/c1-7-9-10(15-14-7)12(18-13(9)17)11(16)8-5-3-2-4-6-8;/h2-6,15,17H,1H3;/q;+1/p-1. The number of fused-ring (bicyclic) bond motifs is 1.